The van der Waals surface area contributed by atoms with Gasteiger partial charge in [-0.05, 0) is 67.9 Å². The number of anilines is 1. The molecule has 2 aromatic carbocycles. The van der Waals surface area contributed by atoms with E-state index in [0.29, 0.717) is 21.6 Å². The zero-order valence-corrected chi connectivity index (χ0v) is 21.3. The first-order valence-electron chi connectivity index (χ1n) is 11.5. The molecule has 2 aromatic rings. The first-order chi connectivity index (χ1) is 16.8. The first kappa shape index (κ1) is 24.6. The minimum absolute atomic E-state index is 0.00954. The van der Waals surface area contributed by atoms with Gasteiger partial charge in [0.1, 0.15) is 9.93 Å². The molecule has 3 aliphatic rings. The van der Waals surface area contributed by atoms with Crippen LogP contribution in [0.5, 0.6) is 0 Å². The molecule has 35 heavy (non-hydrogen) atoms. The fourth-order valence-corrected chi connectivity index (χ4v) is 7.25. The average molecular weight is 538 g/mol. The molecule has 5 rings (SSSR count). The Labute approximate surface area is 215 Å². The number of thioether (sulfide) groups is 2. The number of amidine groups is 1. The van der Waals surface area contributed by atoms with Gasteiger partial charge in [-0.25, -0.2) is 4.99 Å². The summed E-state index contributed by atoms with van der Waals surface area (Å²) in [5, 5.41) is 1.87. The molecule has 0 N–H and O–H groups in total. The second kappa shape index (κ2) is 9.75. The van der Waals surface area contributed by atoms with E-state index in [4.69, 9.17) is 11.6 Å². The van der Waals surface area contributed by atoms with Crippen LogP contribution < -0.4 is 4.90 Å². The van der Waals surface area contributed by atoms with E-state index in [1.54, 1.807) is 4.90 Å². The molecule has 1 saturated heterocycles. The number of hydrogen-bond acceptors (Lipinski definition) is 5. The molecule has 0 unspecified atom stereocenters. The maximum absolute atomic E-state index is 13.8. The van der Waals surface area contributed by atoms with Gasteiger partial charge in [-0.1, -0.05) is 48.7 Å². The summed E-state index contributed by atoms with van der Waals surface area (Å²) in [6.07, 6.45) is 0.409. The molecule has 184 valence electrons. The van der Waals surface area contributed by atoms with Crippen molar-refractivity contribution >= 4 is 57.6 Å². The van der Waals surface area contributed by atoms with E-state index in [1.165, 1.54) is 35.7 Å². The highest BCUT2D eigenvalue weighted by molar-refractivity contribution is 8.19. The Morgan fingerprint density at radius 3 is 2.57 bits per heavy atom. The van der Waals surface area contributed by atoms with Gasteiger partial charge >= 0.3 is 6.18 Å². The van der Waals surface area contributed by atoms with Gasteiger partial charge in [0.15, 0.2) is 5.17 Å². The lowest BCUT2D eigenvalue weighted by molar-refractivity contribution is -0.137. The Morgan fingerprint density at radius 2 is 1.86 bits per heavy atom. The number of halogens is 4. The zero-order valence-electron chi connectivity index (χ0n) is 18.9. The van der Waals surface area contributed by atoms with E-state index in [1.807, 2.05) is 25.1 Å². The topological polar surface area (TPSA) is 35.9 Å². The number of rotatable bonds is 3. The van der Waals surface area contributed by atoms with Gasteiger partial charge in [-0.2, -0.15) is 13.2 Å². The standard InChI is InChI=1S/C25H23ClF3N3OS2/c1-2-31-19-14-16(26)11-12-20(19)34-23(31)21-22(33)32(18-9-4-3-5-10-18)24(35-21)30-17-8-6-7-15(13-17)25(27,28)29/h6-8,11-14,18H,2-5,9-10H2,1H3/b23-21-,30-24?. The summed E-state index contributed by atoms with van der Waals surface area (Å²) in [4.78, 5) is 23.8. The quantitative estimate of drug-likeness (QED) is 0.371. The van der Waals surface area contributed by atoms with Crippen molar-refractivity contribution in [2.75, 3.05) is 11.4 Å². The summed E-state index contributed by atoms with van der Waals surface area (Å²) in [6.45, 7) is 2.66. The van der Waals surface area contributed by atoms with E-state index in [9.17, 15) is 18.0 Å². The van der Waals surface area contributed by atoms with Crippen molar-refractivity contribution in [3.8, 4) is 0 Å². The molecular formula is C25H23ClF3N3OS2. The summed E-state index contributed by atoms with van der Waals surface area (Å²) < 4.78 is 39.8. The van der Waals surface area contributed by atoms with Crippen LogP contribution in [0.4, 0.5) is 24.5 Å². The van der Waals surface area contributed by atoms with Crippen LogP contribution in [0.3, 0.4) is 0 Å². The van der Waals surface area contributed by atoms with Gasteiger partial charge in [-0.15, -0.1) is 0 Å². The van der Waals surface area contributed by atoms with Crippen molar-refractivity contribution in [3.05, 3.63) is 63.0 Å². The summed E-state index contributed by atoms with van der Waals surface area (Å²) in [5.41, 5.74) is 0.379. The highest BCUT2D eigenvalue weighted by Gasteiger charge is 2.43. The van der Waals surface area contributed by atoms with Crippen molar-refractivity contribution in [1.29, 1.82) is 0 Å². The molecule has 10 heteroatoms. The largest absolute Gasteiger partial charge is 0.416 e. The van der Waals surface area contributed by atoms with Gasteiger partial charge in [0.05, 0.1) is 16.9 Å². The van der Waals surface area contributed by atoms with Crippen LogP contribution in [0.25, 0.3) is 0 Å². The van der Waals surface area contributed by atoms with Gasteiger partial charge in [0.25, 0.3) is 5.91 Å². The number of fused-ring (bicyclic) bond motifs is 1. The summed E-state index contributed by atoms with van der Waals surface area (Å²) >= 11 is 9.00. The van der Waals surface area contributed by atoms with Crippen LogP contribution in [0.1, 0.15) is 44.6 Å². The third kappa shape index (κ3) is 4.82. The second-order valence-corrected chi connectivity index (χ2v) is 11.0. The normalized spacial score (nSPS) is 22.4. The molecule has 4 nitrogen and oxygen atoms in total. The zero-order chi connectivity index (χ0) is 24.7. The lowest BCUT2D eigenvalue weighted by Gasteiger charge is -2.30. The van der Waals surface area contributed by atoms with Crippen LogP contribution in [-0.4, -0.2) is 28.6 Å². The Kier molecular flexibility index (Phi) is 6.85. The minimum atomic E-state index is -4.46. The third-order valence-corrected chi connectivity index (χ3v) is 8.91. The number of amides is 1. The minimum Gasteiger partial charge on any atom is -0.334 e. The fourth-order valence-electron chi connectivity index (χ4n) is 4.65. The molecule has 2 heterocycles. The Bertz CT molecular complexity index is 1220. The van der Waals surface area contributed by atoms with Crippen molar-refractivity contribution in [2.45, 2.75) is 56.1 Å². The lowest BCUT2D eigenvalue weighted by atomic mass is 9.94. The van der Waals surface area contributed by atoms with Gasteiger partial charge in [-0.3, -0.25) is 9.69 Å². The number of carbonyl (C=O) groups excluding carboxylic acids is 1. The fraction of sp³-hybridized carbons (Fsp3) is 0.360. The molecular weight excluding hydrogens is 515 g/mol. The van der Waals surface area contributed by atoms with E-state index >= 15 is 0 Å². The van der Waals surface area contributed by atoms with Gasteiger partial charge in [0.2, 0.25) is 0 Å². The third-order valence-electron chi connectivity index (χ3n) is 6.32. The van der Waals surface area contributed by atoms with Crippen LogP contribution >= 0.6 is 35.1 Å². The first-order valence-corrected chi connectivity index (χ1v) is 13.5. The number of hydrogen-bond donors (Lipinski definition) is 0. The Balaban J connectivity index is 1.57. The molecule has 2 fully saturated rings. The van der Waals surface area contributed by atoms with Crippen LogP contribution in [0.2, 0.25) is 5.02 Å². The van der Waals surface area contributed by atoms with Crippen molar-refractivity contribution in [2.24, 2.45) is 4.99 Å². The number of nitrogens with zero attached hydrogens (tertiary/aromatic N) is 3. The maximum Gasteiger partial charge on any atom is 0.416 e. The Hall–Kier alpha value is -2.10. The van der Waals surface area contributed by atoms with E-state index in [2.05, 4.69) is 9.89 Å². The van der Waals surface area contributed by atoms with Crippen molar-refractivity contribution in [3.63, 3.8) is 0 Å². The number of alkyl halides is 3. The maximum atomic E-state index is 13.8. The molecule has 0 radical (unpaired) electrons. The second-order valence-electron chi connectivity index (χ2n) is 8.60. The molecule has 0 atom stereocenters. The molecule has 0 bridgehead atoms. The van der Waals surface area contributed by atoms with Crippen LogP contribution in [0.15, 0.2) is 62.3 Å². The summed E-state index contributed by atoms with van der Waals surface area (Å²) in [6, 6.07) is 10.6. The molecule has 1 aliphatic carbocycles. The SMILES string of the molecule is CCN1/C(=C2/SC(=Nc3cccc(C(F)(F)F)c3)N(C3CCCCC3)C2=O)Sc2ccc(Cl)cc21. The van der Waals surface area contributed by atoms with Crippen LogP contribution in [0, 0.1) is 0 Å². The van der Waals surface area contributed by atoms with E-state index in [0.717, 1.165) is 59.8 Å². The molecule has 2 aliphatic heterocycles. The van der Waals surface area contributed by atoms with E-state index < -0.39 is 11.7 Å². The highest BCUT2D eigenvalue weighted by atomic mass is 35.5. The van der Waals surface area contributed by atoms with E-state index in [-0.39, 0.29) is 17.6 Å². The highest BCUT2D eigenvalue weighted by Crippen LogP contribution is 2.52. The van der Waals surface area contributed by atoms with Gasteiger partial charge < -0.3 is 4.90 Å². The Morgan fingerprint density at radius 1 is 1.09 bits per heavy atom. The monoisotopic (exact) mass is 537 g/mol. The van der Waals surface area contributed by atoms with Crippen molar-refractivity contribution < 1.29 is 18.0 Å². The molecule has 1 saturated carbocycles. The molecule has 1 amide bonds. The van der Waals surface area contributed by atoms with Crippen LogP contribution in [-0.2, 0) is 11.0 Å². The summed E-state index contributed by atoms with van der Waals surface area (Å²) in [5.74, 6) is -0.132. The van der Waals surface area contributed by atoms with Gasteiger partial charge in [0, 0.05) is 22.5 Å². The predicted molar refractivity (Wildman–Crippen MR) is 137 cm³/mol. The number of carbonyl (C=O) groups is 1. The lowest BCUT2D eigenvalue weighted by Crippen LogP contribution is -2.40. The van der Waals surface area contributed by atoms with Crippen molar-refractivity contribution in [1.82, 2.24) is 4.90 Å². The molecule has 0 aromatic heterocycles. The molecule has 0 spiro atoms. The predicted octanol–water partition coefficient (Wildman–Crippen LogP) is 8.06. The smallest absolute Gasteiger partial charge is 0.334 e. The number of aliphatic imine (C=N–C) groups is 1. The number of benzene rings is 2. The summed E-state index contributed by atoms with van der Waals surface area (Å²) in [7, 11) is 0. The average Bonchev–Trinajstić information content (AvgIpc) is 3.35.